The number of carboxylic acid groups (broad SMARTS) is 1. The first-order chi connectivity index (χ1) is 7.82. The lowest BCUT2D eigenvalue weighted by atomic mass is 10.1. The van der Waals surface area contributed by atoms with Gasteiger partial charge in [0.05, 0.1) is 5.56 Å². The van der Waals surface area contributed by atoms with Gasteiger partial charge in [-0.1, -0.05) is 12.2 Å². The van der Waals surface area contributed by atoms with E-state index in [-0.39, 0.29) is 5.69 Å². The van der Waals surface area contributed by atoms with Gasteiger partial charge in [0.15, 0.2) is 0 Å². The maximum Gasteiger partial charge on any atom is 0.335 e. The topological polar surface area (TPSA) is 40.5 Å². The van der Waals surface area contributed by atoms with Crippen molar-refractivity contribution in [2.24, 2.45) is 0 Å². The standard InChI is InChI=1S/C12H13F2NO2/c1-7(2)6-15(3)11-9(13)4-8(12(16)17)5-10(11)14/h4-5H,1,6H2,2-3H3,(H,16,17). The second-order valence-electron chi connectivity index (χ2n) is 3.91. The second kappa shape index (κ2) is 4.95. The first kappa shape index (κ1) is 13.2. The van der Waals surface area contributed by atoms with Gasteiger partial charge in [-0.25, -0.2) is 13.6 Å². The van der Waals surface area contributed by atoms with E-state index in [9.17, 15) is 13.6 Å². The molecule has 0 heterocycles. The Morgan fingerprint density at radius 1 is 1.41 bits per heavy atom. The van der Waals surface area contributed by atoms with Crippen molar-refractivity contribution in [1.82, 2.24) is 0 Å². The maximum absolute atomic E-state index is 13.6. The highest BCUT2D eigenvalue weighted by Gasteiger charge is 2.17. The molecule has 1 rings (SSSR count). The van der Waals surface area contributed by atoms with E-state index in [2.05, 4.69) is 6.58 Å². The van der Waals surface area contributed by atoms with E-state index < -0.39 is 23.2 Å². The van der Waals surface area contributed by atoms with Gasteiger partial charge >= 0.3 is 5.97 Å². The maximum atomic E-state index is 13.6. The quantitative estimate of drug-likeness (QED) is 0.824. The second-order valence-corrected chi connectivity index (χ2v) is 3.91. The third-order valence-corrected chi connectivity index (χ3v) is 2.15. The molecular weight excluding hydrogens is 228 g/mol. The van der Waals surface area contributed by atoms with Crippen LogP contribution in [0.15, 0.2) is 24.3 Å². The Morgan fingerprint density at radius 2 is 1.88 bits per heavy atom. The fourth-order valence-corrected chi connectivity index (χ4v) is 1.54. The molecule has 0 radical (unpaired) electrons. The zero-order valence-corrected chi connectivity index (χ0v) is 9.63. The summed E-state index contributed by atoms with van der Waals surface area (Å²) < 4.78 is 27.2. The van der Waals surface area contributed by atoms with Crippen molar-refractivity contribution in [1.29, 1.82) is 0 Å². The molecule has 1 aromatic rings. The third kappa shape index (κ3) is 3.03. The number of nitrogens with zero attached hydrogens (tertiary/aromatic N) is 1. The van der Waals surface area contributed by atoms with E-state index in [0.717, 1.165) is 17.7 Å². The highest BCUT2D eigenvalue weighted by molar-refractivity contribution is 5.88. The van der Waals surface area contributed by atoms with Crippen LogP contribution in [0.3, 0.4) is 0 Å². The fraction of sp³-hybridized carbons (Fsp3) is 0.250. The number of hydrogen-bond acceptors (Lipinski definition) is 2. The summed E-state index contributed by atoms with van der Waals surface area (Å²) >= 11 is 0. The van der Waals surface area contributed by atoms with Gasteiger partial charge in [0.2, 0.25) is 0 Å². The van der Waals surface area contributed by atoms with E-state index in [4.69, 9.17) is 5.11 Å². The van der Waals surface area contributed by atoms with Gasteiger partial charge in [-0.15, -0.1) is 0 Å². The highest BCUT2D eigenvalue weighted by atomic mass is 19.1. The molecule has 0 aliphatic heterocycles. The zero-order valence-electron chi connectivity index (χ0n) is 9.63. The minimum absolute atomic E-state index is 0.252. The molecule has 3 nitrogen and oxygen atoms in total. The summed E-state index contributed by atoms with van der Waals surface area (Å²) in [5.41, 5.74) is 0.0825. The molecule has 0 amide bonds. The van der Waals surface area contributed by atoms with Crippen molar-refractivity contribution in [2.45, 2.75) is 6.92 Å². The van der Waals surface area contributed by atoms with Crippen LogP contribution in [0, 0.1) is 11.6 Å². The molecule has 0 fully saturated rings. The van der Waals surface area contributed by atoms with Gasteiger partial charge in [0.25, 0.3) is 0 Å². The summed E-state index contributed by atoms with van der Waals surface area (Å²) in [6.45, 7) is 5.67. The van der Waals surface area contributed by atoms with Crippen LogP contribution >= 0.6 is 0 Å². The average Bonchev–Trinajstić information content (AvgIpc) is 2.14. The number of anilines is 1. The lowest BCUT2D eigenvalue weighted by Gasteiger charge is -2.20. The van der Waals surface area contributed by atoms with Gasteiger partial charge in [-0.05, 0) is 19.1 Å². The summed E-state index contributed by atoms with van der Waals surface area (Å²) in [5, 5.41) is 8.65. The molecule has 1 N–H and O–H groups in total. The fourth-order valence-electron chi connectivity index (χ4n) is 1.54. The largest absolute Gasteiger partial charge is 0.478 e. The van der Waals surface area contributed by atoms with Crippen molar-refractivity contribution >= 4 is 11.7 Å². The number of rotatable bonds is 4. The Labute approximate surface area is 98.0 Å². The average molecular weight is 241 g/mol. The van der Waals surface area contributed by atoms with Crippen molar-refractivity contribution in [3.8, 4) is 0 Å². The van der Waals surface area contributed by atoms with Crippen LogP contribution in [0.2, 0.25) is 0 Å². The number of aromatic carboxylic acids is 1. The molecule has 0 unspecified atom stereocenters. The Morgan fingerprint density at radius 3 is 2.24 bits per heavy atom. The minimum atomic E-state index is -1.36. The first-order valence-electron chi connectivity index (χ1n) is 4.90. The predicted molar refractivity (Wildman–Crippen MR) is 61.4 cm³/mol. The molecule has 0 bridgehead atoms. The Balaban J connectivity index is 3.17. The summed E-state index contributed by atoms with van der Waals surface area (Å²) in [7, 11) is 1.51. The zero-order chi connectivity index (χ0) is 13.2. The van der Waals surface area contributed by atoms with Crippen LogP contribution in [0.4, 0.5) is 14.5 Å². The lowest BCUT2D eigenvalue weighted by molar-refractivity contribution is 0.0696. The van der Waals surface area contributed by atoms with Crippen molar-refractivity contribution in [3.05, 3.63) is 41.5 Å². The normalized spacial score (nSPS) is 10.1. The smallest absolute Gasteiger partial charge is 0.335 e. The molecule has 0 aliphatic rings. The predicted octanol–water partition coefficient (Wildman–Crippen LogP) is 2.68. The van der Waals surface area contributed by atoms with Crippen LogP contribution in [0.1, 0.15) is 17.3 Å². The summed E-state index contributed by atoms with van der Waals surface area (Å²) in [5.74, 6) is -3.16. The van der Waals surface area contributed by atoms with Gasteiger partial charge < -0.3 is 10.0 Å². The molecule has 0 aromatic heterocycles. The van der Waals surface area contributed by atoms with Crippen LogP contribution in [-0.4, -0.2) is 24.7 Å². The summed E-state index contributed by atoms with van der Waals surface area (Å²) in [6.07, 6.45) is 0. The monoisotopic (exact) mass is 241 g/mol. The van der Waals surface area contributed by atoms with Crippen LogP contribution in [0.25, 0.3) is 0 Å². The molecule has 17 heavy (non-hydrogen) atoms. The number of carboxylic acids is 1. The minimum Gasteiger partial charge on any atom is -0.478 e. The van der Waals surface area contributed by atoms with Gasteiger partial charge in [0.1, 0.15) is 17.3 Å². The molecule has 0 saturated carbocycles. The molecule has 1 aromatic carbocycles. The first-order valence-corrected chi connectivity index (χ1v) is 4.90. The molecule has 0 aliphatic carbocycles. The van der Waals surface area contributed by atoms with Crippen LogP contribution < -0.4 is 4.90 Å². The molecule has 0 spiro atoms. The Bertz CT molecular complexity index is 449. The molecule has 92 valence electrons. The van der Waals surface area contributed by atoms with E-state index in [1.165, 1.54) is 11.9 Å². The number of hydrogen-bond donors (Lipinski definition) is 1. The van der Waals surface area contributed by atoms with Gasteiger partial charge in [-0.3, -0.25) is 0 Å². The van der Waals surface area contributed by atoms with Crippen molar-refractivity contribution in [3.63, 3.8) is 0 Å². The molecule has 5 heteroatoms. The molecule has 0 saturated heterocycles. The number of carbonyl (C=O) groups is 1. The van der Waals surface area contributed by atoms with Crippen LogP contribution in [0.5, 0.6) is 0 Å². The van der Waals surface area contributed by atoms with E-state index in [0.29, 0.717) is 6.54 Å². The van der Waals surface area contributed by atoms with Crippen LogP contribution in [-0.2, 0) is 0 Å². The van der Waals surface area contributed by atoms with Gasteiger partial charge in [-0.2, -0.15) is 0 Å². The Hall–Kier alpha value is -1.91. The number of likely N-dealkylation sites (N-methyl/N-ethyl adjacent to an activating group) is 1. The summed E-state index contributed by atoms with van der Waals surface area (Å²) in [4.78, 5) is 11.9. The van der Waals surface area contributed by atoms with Crippen molar-refractivity contribution < 1.29 is 18.7 Å². The van der Waals surface area contributed by atoms with Gasteiger partial charge in [0, 0.05) is 13.6 Å². The van der Waals surface area contributed by atoms with E-state index in [1.54, 1.807) is 6.92 Å². The molecular formula is C12H13F2NO2. The summed E-state index contributed by atoms with van der Waals surface area (Å²) in [6, 6.07) is 1.60. The van der Waals surface area contributed by atoms with E-state index >= 15 is 0 Å². The number of halogens is 2. The lowest BCUT2D eigenvalue weighted by Crippen LogP contribution is -2.22. The highest BCUT2D eigenvalue weighted by Crippen LogP contribution is 2.24. The Kier molecular flexibility index (Phi) is 3.83. The number of benzene rings is 1. The van der Waals surface area contributed by atoms with Crippen molar-refractivity contribution in [2.75, 3.05) is 18.5 Å². The SMILES string of the molecule is C=C(C)CN(C)c1c(F)cc(C(=O)O)cc1F. The molecule has 0 atom stereocenters. The third-order valence-electron chi connectivity index (χ3n) is 2.15. The van der Waals surface area contributed by atoms with E-state index in [1.807, 2.05) is 0 Å².